The zero-order valence-corrected chi connectivity index (χ0v) is 12.4. The number of rotatable bonds is 4. The first-order chi connectivity index (χ1) is 9.49. The van der Waals surface area contributed by atoms with E-state index in [-0.39, 0.29) is 17.9 Å². The molecule has 0 aromatic heterocycles. The third-order valence-corrected chi connectivity index (χ3v) is 3.71. The van der Waals surface area contributed by atoms with Crippen LogP contribution in [0.5, 0.6) is 5.75 Å². The van der Waals surface area contributed by atoms with Crippen LogP contribution in [0.4, 0.5) is 4.39 Å². The third-order valence-electron chi connectivity index (χ3n) is 2.59. The summed E-state index contributed by atoms with van der Waals surface area (Å²) in [7, 11) is 0. The molecule has 0 unspecified atom stereocenters. The van der Waals surface area contributed by atoms with E-state index in [4.69, 9.17) is 21.4 Å². The third kappa shape index (κ3) is 3.29. The van der Waals surface area contributed by atoms with Crippen LogP contribution in [0.25, 0.3) is 0 Å². The molecule has 104 valence electrons. The Hall–Kier alpha value is -1.59. The molecule has 0 aliphatic rings. The number of carbonyl (C=O) groups is 1. The lowest BCUT2D eigenvalue weighted by Gasteiger charge is -2.11. The van der Waals surface area contributed by atoms with Crippen molar-refractivity contribution in [3.63, 3.8) is 0 Å². The molecular weight excluding hydrogens is 351 g/mol. The SMILES string of the molecule is O=C(O)c1cc(Cl)ccc1OCc1cccc(F)c1Br. The second kappa shape index (κ2) is 6.24. The topological polar surface area (TPSA) is 46.5 Å². The summed E-state index contributed by atoms with van der Waals surface area (Å²) in [6.45, 7) is 0.0419. The van der Waals surface area contributed by atoms with Gasteiger partial charge in [-0.25, -0.2) is 9.18 Å². The van der Waals surface area contributed by atoms with Gasteiger partial charge < -0.3 is 9.84 Å². The first-order valence-electron chi connectivity index (χ1n) is 5.57. The molecule has 0 atom stereocenters. The summed E-state index contributed by atoms with van der Waals surface area (Å²) in [6, 6.07) is 8.86. The van der Waals surface area contributed by atoms with Crippen molar-refractivity contribution in [1.82, 2.24) is 0 Å². The molecule has 2 rings (SSSR count). The van der Waals surface area contributed by atoms with Crippen LogP contribution in [0.2, 0.25) is 5.02 Å². The molecule has 0 bridgehead atoms. The molecule has 6 heteroatoms. The van der Waals surface area contributed by atoms with Crippen molar-refractivity contribution in [2.45, 2.75) is 6.61 Å². The van der Waals surface area contributed by atoms with Gasteiger partial charge in [0.25, 0.3) is 0 Å². The lowest BCUT2D eigenvalue weighted by molar-refractivity contribution is 0.0691. The van der Waals surface area contributed by atoms with Crippen molar-refractivity contribution in [2.24, 2.45) is 0 Å². The first-order valence-corrected chi connectivity index (χ1v) is 6.74. The Morgan fingerprint density at radius 3 is 2.80 bits per heavy atom. The first kappa shape index (κ1) is 14.8. The van der Waals surface area contributed by atoms with E-state index in [0.29, 0.717) is 15.1 Å². The van der Waals surface area contributed by atoms with E-state index >= 15 is 0 Å². The molecule has 0 saturated heterocycles. The van der Waals surface area contributed by atoms with Crippen molar-refractivity contribution in [3.8, 4) is 5.75 Å². The lowest BCUT2D eigenvalue weighted by Crippen LogP contribution is -2.04. The van der Waals surface area contributed by atoms with E-state index < -0.39 is 11.8 Å². The van der Waals surface area contributed by atoms with E-state index in [2.05, 4.69) is 15.9 Å². The Balaban J connectivity index is 2.23. The maximum Gasteiger partial charge on any atom is 0.339 e. The van der Waals surface area contributed by atoms with Gasteiger partial charge in [-0.3, -0.25) is 0 Å². The Morgan fingerprint density at radius 1 is 1.35 bits per heavy atom. The predicted molar refractivity (Wildman–Crippen MR) is 76.8 cm³/mol. The number of ether oxygens (including phenoxy) is 1. The quantitative estimate of drug-likeness (QED) is 0.873. The second-order valence-corrected chi connectivity index (χ2v) is 5.18. The number of aromatic carboxylic acids is 1. The van der Waals surface area contributed by atoms with Crippen LogP contribution in [0.3, 0.4) is 0 Å². The highest BCUT2D eigenvalue weighted by Gasteiger charge is 2.13. The Kier molecular flexibility index (Phi) is 4.62. The minimum atomic E-state index is -1.14. The Morgan fingerprint density at radius 2 is 2.10 bits per heavy atom. The number of benzene rings is 2. The van der Waals surface area contributed by atoms with Crippen molar-refractivity contribution in [2.75, 3.05) is 0 Å². The molecule has 0 fully saturated rings. The van der Waals surface area contributed by atoms with Crippen LogP contribution < -0.4 is 4.74 Å². The number of carboxylic acids is 1. The molecule has 0 aliphatic carbocycles. The fraction of sp³-hybridized carbons (Fsp3) is 0.0714. The Labute approximate surface area is 128 Å². The molecule has 0 heterocycles. The molecule has 1 N–H and O–H groups in total. The molecule has 2 aromatic carbocycles. The van der Waals surface area contributed by atoms with Crippen LogP contribution in [0.15, 0.2) is 40.9 Å². The number of halogens is 3. The van der Waals surface area contributed by atoms with Gasteiger partial charge in [0.05, 0.1) is 4.47 Å². The number of carboxylic acid groups (broad SMARTS) is 1. The van der Waals surface area contributed by atoms with E-state index in [0.717, 1.165) is 0 Å². The predicted octanol–water partition coefficient (Wildman–Crippen LogP) is 4.52. The standard InChI is InChI=1S/C14H9BrClFO3/c15-13-8(2-1-3-11(13)17)7-20-12-5-4-9(16)6-10(12)14(18)19/h1-6H,7H2,(H,18,19). The highest BCUT2D eigenvalue weighted by atomic mass is 79.9. The number of hydrogen-bond donors (Lipinski definition) is 1. The van der Waals surface area contributed by atoms with Gasteiger partial charge in [0.2, 0.25) is 0 Å². The molecular formula is C14H9BrClFO3. The van der Waals surface area contributed by atoms with E-state index in [9.17, 15) is 9.18 Å². The summed E-state index contributed by atoms with van der Waals surface area (Å²) in [4.78, 5) is 11.1. The highest BCUT2D eigenvalue weighted by Crippen LogP contribution is 2.26. The summed E-state index contributed by atoms with van der Waals surface area (Å²) in [5, 5.41) is 9.39. The zero-order valence-electron chi connectivity index (χ0n) is 10.1. The van der Waals surface area contributed by atoms with Gasteiger partial charge >= 0.3 is 5.97 Å². The van der Waals surface area contributed by atoms with Gasteiger partial charge in [0.15, 0.2) is 0 Å². The minimum Gasteiger partial charge on any atom is -0.488 e. The fourth-order valence-corrected chi connectivity index (χ4v) is 2.16. The normalized spacial score (nSPS) is 10.3. The van der Waals surface area contributed by atoms with Crippen molar-refractivity contribution in [1.29, 1.82) is 0 Å². The lowest BCUT2D eigenvalue weighted by atomic mass is 10.2. The van der Waals surface area contributed by atoms with Crippen molar-refractivity contribution >= 4 is 33.5 Å². The molecule has 3 nitrogen and oxygen atoms in total. The summed E-state index contributed by atoms with van der Waals surface area (Å²) in [5.41, 5.74) is 0.543. The van der Waals surface area contributed by atoms with Crippen LogP contribution >= 0.6 is 27.5 Å². The molecule has 0 saturated carbocycles. The molecule has 0 amide bonds. The van der Waals surface area contributed by atoms with Gasteiger partial charge in [-0.2, -0.15) is 0 Å². The average molecular weight is 360 g/mol. The summed E-state index contributed by atoms with van der Waals surface area (Å²) < 4.78 is 19.1. The van der Waals surface area contributed by atoms with Gasteiger partial charge in [-0.05, 0) is 40.2 Å². The smallest absolute Gasteiger partial charge is 0.339 e. The molecule has 0 radical (unpaired) electrons. The Bertz CT molecular complexity index is 661. The van der Waals surface area contributed by atoms with Crippen molar-refractivity contribution < 1.29 is 19.0 Å². The van der Waals surface area contributed by atoms with Crippen LogP contribution in [0, 0.1) is 5.82 Å². The molecule has 0 aliphatic heterocycles. The van der Waals surface area contributed by atoms with Gasteiger partial charge in [0.1, 0.15) is 23.7 Å². The maximum absolute atomic E-state index is 13.4. The van der Waals surface area contributed by atoms with E-state index in [1.54, 1.807) is 12.1 Å². The van der Waals surface area contributed by atoms with Gasteiger partial charge in [-0.15, -0.1) is 0 Å². The molecule has 20 heavy (non-hydrogen) atoms. The van der Waals surface area contributed by atoms with E-state index in [1.807, 2.05) is 0 Å². The summed E-state index contributed by atoms with van der Waals surface area (Å²) >= 11 is 8.87. The number of hydrogen-bond acceptors (Lipinski definition) is 2. The van der Waals surface area contributed by atoms with E-state index in [1.165, 1.54) is 24.3 Å². The molecule has 2 aromatic rings. The van der Waals surface area contributed by atoms with Crippen LogP contribution in [-0.2, 0) is 6.61 Å². The maximum atomic E-state index is 13.4. The van der Waals surface area contributed by atoms with Gasteiger partial charge in [-0.1, -0.05) is 23.7 Å². The van der Waals surface area contributed by atoms with Crippen molar-refractivity contribution in [3.05, 3.63) is 62.8 Å². The zero-order chi connectivity index (χ0) is 14.7. The monoisotopic (exact) mass is 358 g/mol. The average Bonchev–Trinajstić information content (AvgIpc) is 2.41. The van der Waals surface area contributed by atoms with Crippen LogP contribution in [-0.4, -0.2) is 11.1 Å². The largest absolute Gasteiger partial charge is 0.488 e. The second-order valence-electron chi connectivity index (χ2n) is 3.95. The molecule has 0 spiro atoms. The van der Waals surface area contributed by atoms with Crippen LogP contribution in [0.1, 0.15) is 15.9 Å². The van der Waals surface area contributed by atoms with Gasteiger partial charge in [0, 0.05) is 10.6 Å². The fourth-order valence-electron chi connectivity index (χ4n) is 1.61. The summed E-state index contributed by atoms with van der Waals surface area (Å²) in [5.74, 6) is -1.36. The summed E-state index contributed by atoms with van der Waals surface area (Å²) in [6.07, 6.45) is 0. The minimum absolute atomic E-state index is 0.0370. The highest BCUT2D eigenvalue weighted by molar-refractivity contribution is 9.10.